The molecule has 0 spiro atoms. The number of hydrogen-bond acceptors (Lipinski definition) is 2. The van der Waals surface area contributed by atoms with Gasteiger partial charge in [-0.15, -0.1) is 0 Å². The van der Waals surface area contributed by atoms with Crippen LogP contribution < -0.4 is 5.32 Å². The minimum Gasteiger partial charge on any atom is -0.394 e. The average molecular weight is 316 g/mol. The predicted octanol–water partition coefficient (Wildman–Crippen LogP) is 3.66. The Balaban J connectivity index is 2.19. The Kier molecular flexibility index (Phi) is 4.95. The van der Waals surface area contributed by atoms with Crippen molar-refractivity contribution in [2.24, 2.45) is 5.92 Å². The van der Waals surface area contributed by atoms with Crippen molar-refractivity contribution < 1.29 is 9.90 Å². The van der Waals surface area contributed by atoms with Crippen LogP contribution in [0.15, 0.2) is 18.2 Å². The lowest BCUT2D eigenvalue weighted by Crippen LogP contribution is -2.53. The van der Waals surface area contributed by atoms with Crippen molar-refractivity contribution in [1.29, 1.82) is 0 Å². The van der Waals surface area contributed by atoms with Crippen molar-refractivity contribution in [2.75, 3.05) is 6.61 Å². The van der Waals surface area contributed by atoms with Gasteiger partial charge in [-0.3, -0.25) is 4.79 Å². The van der Waals surface area contributed by atoms with Gasteiger partial charge in [0.05, 0.1) is 27.8 Å². The van der Waals surface area contributed by atoms with E-state index in [0.717, 1.165) is 25.7 Å². The summed E-state index contributed by atoms with van der Waals surface area (Å²) in [7, 11) is 0. The molecule has 0 aliphatic heterocycles. The monoisotopic (exact) mass is 315 g/mol. The van der Waals surface area contributed by atoms with Gasteiger partial charge in [0.1, 0.15) is 0 Å². The van der Waals surface area contributed by atoms with Crippen LogP contribution in [-0.4, -0.2) is 23.2 Å². The molecular formula is C15H19Cl2NO2. The van der Waals surface area contributed by atoms with Gasteiger partial charge in [0.25, 0.3) is 5.91 Å². The first-order valence-electron chi connectivity index (χ1n) is 6.85. The molecule has 1 saturated carbocycles. The fourth-order valence-corrected chi connectivity index (χ4v) is 3.33. The van der Waals surface area contributed by atoms with Crippen molar-refractivity contribution in [1.82, 2.24) is 5.32 Å². The van der Waals surface area contributed by atoms with Crippen molar-refractivity contribution >= 4 is 29.1 Å². The number of carbonyl (C=O) groups is 1. The molecule has 0 radical (unpaired) electrons. The number of halogens is 2. The van der Waals surface area contributed by atoms with E-state index in [4.69, 9.17) is 23.2 Å². The smallest absolute Gasteiger partial charge is 0.253 e. The Labute approximate surface area is 129 Å². The molecule has 2 unspecified atom stereocenters. The summed E-state index contributed by atoms with van der Waals surface area (Å²) < 4.78 is 0. The van der Waals surface area contributed by atoms with Gasteiger partial charge in [-0.1, -0.05) is 49.0 Å². The highest BCUT2D eigenvalue weighted by molar-refractivity contribution is 6.43. The van der Waals surface area contributed by atoms with Crippen LogP contribution in [0, 0.1) is 5.92 Å². The molecular weight excluding hydrogens is 297 g/mol. The zero-order chi connectivity index (χ0) is 14.8. The van der Waals surface area contributed by atoms with E-state index in [9.17, 15) is 9.90 Å². The van der Waals surface area contributed by atoms with Crippen molar-refractivity contribution in [3.8, 4) is 0 Å². The summed E-state index contributed by atoms with van der Waals surface area (Å²) in [6, 6.07) is 4.98. The molecule has 2 N–H and O–H groups in total. The second kappa shape index (κ2) is 6.33. The fraction of sp³-hybridized carbons (Fsp3) is 0.533. The summed E-state index contributed by atoms with van der Waals surface area (Å²) in [6.07, 6.45) is 3.71. The summed E-state index contributed by atoms with van der Waals surface area (Å²) in [5.74, 6) is 0.215. The SMILES string of the molecule is CC1CCCC(CO)(NC(=O)c2cccc(Cl)c2Cl)C1. The number of carbonyl (C=O) groups excluding carboxylic acids is 1. The molecule has 1 aromatic rings. The van der Waals surface area contributed by atoms with Gasteiger partial charge in [-0.2, -0.15) is 0 Å². The van der Waals surface area contributed by atoms with Crippen LogP contribution in [0.3, 0.4) is 0 Å². The highest BCUT2D eigenvalue weighted by Crippen LogP contribution is 2.33. The van der Waals surface area contributed by atoms with Gasteiger partial charge in [0.15, 0.2) is 0 Å². The van der Waals surface area contributed by atoms with Crippen molar-refractivity contribution in [2.45, 2.75) is 38.1 Å². The lowest BCUT2D eigenvalue weighted by Gasteiger charge is -2.39. The van der Waals surface area contributed by atoms with E-state index in [1.807, 2.05) is 0 Å². The second-order valence-electron chi connectivity index (χ2n) is 5.70. The van der Waals surface area contributed by atoms with Gasteiger partial charge in [0.2, 0.25) is 0 Å². The molecule has 2 atom stereocenters. The Morgan fingerprint density at radius 3 is 2.90 bits per heavy atom. The van der Waals surface area contributed by atoms with Crippen molar-refractivity contribution in [3.05, 3.63) is 33.8 Å². The third kappa shape index (κ3) is 3.27. The van der Waals surface area contributed by atoms with E-state index in [0.29, 0.717) is 16.5 Å². The van der Waals surface area contributed by atoms with Crippen LogP contribution in [-0.2, 0) is 0 Å². The van der Waals surface area contributed by atoms with Gasteiger partial charge < -0.3 is 10.4 Å². The van der Waals surface area contributed by atoms with E-state index in [2.05, 4.69) is 12.2 Å². The van der Waals surface area contributed by atoms with Crippen LogP contribution in [0.1, 0.15) is 43.0 Å². The number of aliphatic hydroxyl groups is 1. The lowest BCUT2D eigenvalue weighted by atomic mass is 9.76. The topological polar surface area (TPSA) is 49.3 Å². The van der Waals surface area contributed by atoms with Crippen LogP contribution >= 0.6 is 23.2 Å². The predicted molar refractivity (Wildman–Crippen MR) is 81.4 cm³/mol. The third-order valence-corrected chi connectivity index (χ3v) is 4.79. The van der Waals surface area contributed by atoms with E-state index in [1.165, 1.54) is 0 Å². The van der Waals surface area contributed by atoms with Crippen LogP contribution in [0.2, 0.25) is 10.0 Å². The molecule has 3 nitrogen and oxygen atoms in total. The summed E-state index contributed by atoms with van der Waals surface area (Å²) in [5.41, 5.74) is -0.189. The second-order valence-corrected chi connectivity index (χ2v) is 6.48. The first kappa shape index (κ1) is 15.6. The lowest BCUT2D eigenvalue weighted by molar-refractivity contribution is 0.0697. The maximum atomic E-state index is 12.4. The molecule has 0 saturated heterocycles. The molecule has 1 aliphatic carbocycles. The Hall–Kier alpha value is -0.770. The molecule has 20 heavy (non-hydrogen) atoms. The summed E-state index contributed by atoms with van der Waals surface area (Å²) in [5, 5.41) is 13.3. The summed E-state index contributed by atoms with van der Waals surface area (Å²) >= 11 is 12.0. The van der Waals surface area contributed by atoms with Crippen LogP contribution in [0.25, 0.3) is 0 Å². The Morgan fingerprint density at radius 1 is 1.50 bits per heavy atom. The number of amides is 1. The van der Waals surface area contributed by atoms with Crippen molar-refractivity contribution in [3.63, 3.8) is 0 Å². The standard InChI is InChI=1S/C15H19Cl2NO2/c1-10-4-3-7-15(8-10,9-19)18-14(20)11-5-2-6-12(16)13(11)17/h2,5-6,10,19H,3-4,7-9H2,1H3,(H,18,20). The third-order valence-electron chi connectivity index (χ3n) is 3.97. The highest BCUT2D eigenvalue weighted by Gasteiger charge is 2.36. The minimum absolute atomic E-state index is 0.0543. The number of nitrogens with one attached hydrogen (secondary N) is 1. The van der Waals surface area contributed by atoms with E-state index in [-0.39, 0.29) is 17.5 Å². The maximum Gasteiger partial charge on any atom is 0.253 e. The number of hydrogen-bond donors (Lipinski definition) is 2. The Bertz CT molecular complexity index is 507. The van der Waals surface area contributed by atoms with Crippen LogP contribution in [0.5, 0.6) is 0 Å². The normalized spacial score (nSPS) is 26.3. The minimum atomic E-state index is -0.541. The molecule has 5 heteroatoms. The molecule has 1 aliphatic rings. The first-order chi connectivity index (χ1) is 9.47. The highest BCUT2D eigenvalue weighted by atomic mass is 35.5. The van der Waals surface area contributed by atoms with Gasteiger partial charge in [0, 0.05) is 0 Å². The number of rotatable bonds is 3. The molecule has 1 fully saturated rings. The zero-order valence-electron chi connectivity index (χ0n) is 11.5. The van der Waals surface area contributed by atoms with E-state index < -0.39 is 5.54 Å². The molecule has 0 heterocycles. The van der Waals surface area contributed by atoms with E-state index in [1.54, 1.807) is 18.2 Å². The summed E-state index contributed by atoms with van der Waals surface area (Å²) in [6.45, 7) is 2.09. The quantitative estimate of drug-likeness (QED) is 0.894. The average Bonchev–Trinajstić information content (AvgIpc) is 2.41. The molecule has 1 amide bonds. The number of aliphatic hydroxyl groups excluding tert-OH is 1. The van der Waals surface area contributed by atoms with Gasteiger partial charge in [-0.05, 0) is 30.9 Å². The molecule has 1 aromatic carbocycles. The molecule has 110 valence electrons. The Morgan fingerprint density at radius 2 is 2.25 bits per heavy atom. The maximum absolute atomic E-state index is 12.4. The van der Waals surface area contributed by atoms with Gasteiger partial charge >= 0.3 is 0 Å². The molecule has 0 bridgehead atoms. The van der Waals surface area contributed by atoms with Crippen LogP contribution in [0.4, 0.5) is 0 Å². The van der Waals surface area contributed by atoms with Gasteiger partial charge in [-0.25, -0.2) is 0 Å². The zero-order valence-corrected chi connectivity index (χ0v) is 13.0. The number of benzene rings is 1. The summed E-state index contributed by atoms with van der Waals surface area (Å²) in [4.78, 5) is 12.4. The molecule has 2 rings (SSSR count). The van der Waals surface area contributed by atoms with E-state index >= 15 is 0 Å². The first-order valence-corrected chi connectivity index (χ1v) is 7.60. The largest absolute Gasteiger partial charge is 0.394 e. The fourth-order valence-electron chi connectivity index (χ4n) is 2.94. The molecule has 0 aromatic heterocycles.